The maximum absolute atomic E-state index is 11.5. The molecule has 0 aliphatic rings. The standard InChI is InChI=1S/C12H14N4O3/c1-3-4-10(11(17)18)16-12(19)14-7-9-5-6-13-8(2)15-9/h1,5-6,10H,4,7H2,2H3,(H,17,18)(H2,14,16,19). The average molecular weight is 262 g/mol. The molecule has 1 unspecified atom stereocenters. The highest BCUT2D eigenvalue weighted by Crippen LogP contribution is 1.95. The van der Waals surface area contributed by atoms with Crippen molar-refractivity contribution in [1.29, 1.82) is 0 Å². The van der Waals surface area contributed by atoms with Crippen molar-refractivity contribution in [3.05, 3.63) is 23.8 Å². The van der Waals surface area contributed by atoms with Crippen LogP contribution in [0.15, 0.2) is 12.3 Å². The van der Waals surface area contributed by atoms with E-state index in [1.54, 1.807) is 19.2 Å². The van der Waals surface area contributed by atoms with Crippen molar-refractivity contribution in [2.24, 2.45) is 0 Å². The van der Waals surface area contributed by atoms with Gasteiger partial charge in [-0.2, -0.15) is 0 Å². The fraction of sp³-hybridized carbons (Fsp3) is 0.333. The summed E-state index contributed by atoms with van der Waals surface area (Å²) in [5, 5.41) is 13.6. The maximum atomic E-state index is 11.5. The average Bonchev–Trinajstić information content (AvgIpc) is 2.36. The molecule has 0 fully saturated rings. The van der Waals surface area contributed by atoms with Gasteiger partial charge in [0.2, 0.25) is 0 Å². The smallest absolute Gasteiger partial charge is 0.327 e. The van der Waals surface area contributed by atoms with E-state index in [4.69, 9.17) is 11.5 Å². The lowest BCUT2D eigenvalue weighted by atomic mass is 10.2. The minimum Gasteiger partial charge on any atom is -0.480 e. The zero-order valence-corrected chi connectivity index (χ0v) is 10.4. The zero-order chi connectivity index (χ0) is 14.3. The van der Waals surface area contributed by atoms with Crippen molar-refractivity contribution < 1.29 is 14.7 Å². The van der Waals surface area contributed by atoms with Gasteiger partial charge >= 0.3 is 12.0 Å². The van der Waals surface area contributed by atoms with Crippen LogP contribution >= 0.6 is 0 Å². The highest BCUT2D eigenvalue weighted by Gasteiger charge is 2.18. The van der Waals surface area contributed by atoms with Crippen molar-refractivity contribution in [2.45, 2.75) is 25.9 Å². The summed E-state index contributed by atoms with van der Waals surface area (Å²) < 4.78 is 0. The van der Waals surface area contributed by atoms with Gasteiger partial charge in [-0.3, -0.25) is 0 Å². The minimum absolute atomic E-state index is 0.0740. The quantitative estimate of drug-likeness (QED) is 0.651. The van der Waals surface area contributed by atoms with E-state index in [1.165, 1.54) is 0 Å². The molecule has 1 aromatic heterocycles. The van der Waals surface area contributed by atoms with Gasteiger partial charge in [0.05, 0.1) is 12.2 Å². The van der Waals surface area contributed by atoms with Crippen molar-refractivity contribution in [1.82, 2.24) is 20.6 Å². The first-order valence-corrected chi connectivity index (χ1v) is 5.52. The Morgan fingerprint density at radius 1 is 1.58 bits per heavy atom. The Hall–Kier alpha value is -2.62. The number of carboxylic acids is 1. The first kappa shape index (κ1) is 14.4. The molecule has 7 heteroatoms. The predicted octanol–water partition coefficient (Wildman–Crippen LogP) is 0.0607. The van der Waals surface area contributed by atoms with Crippen LogP contribution in [0, 0.1) is 19.3 Å². The third-order valence-electron chi connectivity index (χ3n) is 2.19. The SMILES string of the molecule is C#CCC(NC(=O)NCc1ccnc(C)n1)C(=O)O. The summed E-state index contributed by atoms with van der Waals surface area (Å²) in [5.74, 6) is 1.61. The Morgan fingerprint density at radius 3 is 2.89 bits per heavy atom. The number of carboxylic acid groups (broad SMARTS) is 1. The van der Waals surface area contributed by atoms with Crippen LogP contribution < -0.4 is 10.6 Å². The number of amides is 2. The number of carbonyl (C=O) groups excluding carboxylic acids is 1. The van der Waals surface area contributed by atoms with Gasteiger partial charge in [-0.25, -0.2) is 19.6 Å². The Kier molecular flexibility index (Phi) is 5.29. The first-order valence-electron chi connectivity index (χ1n) is 5.52. The molecule has 0 saturated carbocycles. The third-order valence-corrected chi connectivity index (χ3v) is 2.19. The number of urea groups is 1. The number of rotatable bonds is 5. The third kappa shape index (κ3) is 5.04. The van der Waals surface area contributed by atoms with E-state index in [-0.39, 0.29) is 13.0 Å². The molecule has 1 aromatic rings. The van der Waals surface area contributed by atoms with E-state index < -0.39 is 18.0 Å². The van der Waals surface area contributed by atoms with E-state index in [0.29, 0.717) is 11.5 Å². The van der Waals surface area contributed by atoms with Gasteiger partial charge in [0, 0.05) is 12.6 Å². The van der Waals surface area contributed by atoms with E-state index in [2.05, 4.69) is 26.5 Å². The van der Waals surface area contributed by atoms with Crippen molar-refractivity contribution in [3.63, 3.8) is 0 Å². The monoisotopic (exact) mass is 262 g/mol. The van der Waals surface area contributed by atoms with Gasteiger partial charge in [0.25, 0.3) is 0 Å². The van der Waals surface area contributed by atoms with Gasteiger partial charge < -0.3 is 15.7 Å². The predicted molar refractivity (Wildman–Crippen MR) is 67.0 cm³/mol. The number of terminal acetylenes is 1. The minimum atomic E-state index is -1.18. The Bertz CT molecular complexity index is 510. The molecule has 0 spiro atoms. The largest absolute Gasteiger partial charge is 0.480 e. The van der Waals surface area contributed by atoms with E-state index in [1.807, 2.05) is 0 Å². The van der Waals surface area contributed by atoms with Crippen LogP contribution in [0.5, 0.6) is 0 Å². The number of aromatic nitrogens is 2. The molecule has 1 atom stereocenters. The summed E-state index contributed by atoms with van der Waals surface area (Å²) in [4.78, 5) is 30.3. The number of hydrogen-bond acceptors (Lipinski definition) is 4. The Labute approximate surface area is 110 Å². The first-order chi connectivity index (χ1) is 9.02. The topological polar surface area (TPSA) is 104 Å². The summed E-state index contributed by atoms with van der Waals surface area (Å²) in [6.07, 6.45) is 6.53. The molecule has 2 amide bonds. The van der Waals surface area contributed by atoms with Gasteiger partial charge in [-0.15, -0.1) is 12.3 Å². The molecule has 1 heterocycles. The molecule has 0 bridgehead atoms. The summed E-state index contributed by atoms with van der Waals surface area (Å²) >= 11 is 0. The highest BCUT2D eigenvalue weighted by atomic mass is 16.4. The second-order valence-electron chi connectivity index (χ2n) is 3.72. The van der Waals surface area contributed by atoms with Crippen LogP contribution in [0.25, 0.3) is 0 Å². The Morgan fingerprint density at radius 2 is 2.32 bits per heavy atom. The fourth-order valence-electron chi connectivity index (χ4n) is 1.30. The lowest BCUT2D eigenvalue weighted by Crippen LogP contribution is -2.45. The summed E-state index contributed by atoms with van der Waals surface area (Å²) in [7, 11) is 0. The van der Waals surface area contributed by atoms with Gasteiger partial charge in [0.1, 0.15) is 11.9 Å². The molecule has 19 heavy (non-hydrogen) atoms. The number of carbonyl (C=O) groups is 2. The normalized spacial score (nSPS) is 11.2. The van der Waals surface area contributed by atoms with Gasteiger partial charge in [-0.1, -0.05) is 0 Å². The highest BCUT2D eigenvalue weighted by molar-refractivity contribution is 5.82. The maximum Gasteiger partial charge on any atom is 0.327 e. The fourth-order valence-corrected chi connectivity index (χ4v) is 1.30. The lowest BCUT2D eigenvalue weighted by molar-refractivity contribution is -0.139. The van der Waals surface area contributed by atoms with Crippen molar-refractivity contribution >= 4 is 12.0 Å². The molecular weight excluding hydrogens is 248 g/mol. The number of aliphatic carboxylic acids is 1. The van der Waals surface area contributed by atoms with Crippen molar-refractivity contribution in [2.75, 3.05) is 0 Å². The number of nitrogens with one attached hydrogen (secondary N) is 2. The lowest BCUT2D eigenvalue weighted by Gasteiger charge is -2.12. The van der Waals surface area contributed by atoms with Crippen LogP contribution in [0.2, 0.25) is 0 Å². The van der Waals surface area contributed by atoms with E-state index >= 15 is 0 Å². The van der Waals surface area contributed by atoms with Gasteiger partial charge in [0.15, 0.2) is 0 Å². The molecule has 7 nitrogen and oxygen atoms in total. The zero-order valence-electron chi connectivity index (χ0n) is 10.4. The summed E-state index contributed by atoms with van der Waals surface area (Å²) in [6, 6.07) is -0.0558. The molecule has 100 valence electrons. The van der Waals surface area contributed by atoms with Crippen LogP contribution in [0.3, 0.4) is 0 Å². The van der Waals surface area contributed by atoms with Crippen LogP contribution in [0.1, 0.15) is 17.9 Å². The second-order valence-corrected chi connectivity index (χ2v) is 3.72. The van der Waals surface area contributed by atoms with Gasteiger partial charge in [-0.05, 0) is 13.0 Å². The molecule has 0 saturated heterocycles. The molecule has 1 rings (SSSR count). The molecule has 0 radical (unpaired) electrons. The summed E-state index contributed by atoms with van der Waals surface area (Å²) in [6.45, 7) is 1.91. The molecule has 0 aromatic carbocycles. The Balaban J connectivity index is 2.47. The number of aryl methyl sites for hydroxylation is 1. The van der Waals surface area contributed by atoms with Crippen LogP contribution in [0.4, 0.5) is 4.79 Å². The van der Waals surface area contributed by atoms with Crippen LogP contribution in [-0.4, -0.2) is 33.1 Å². The van der Waals surface area contributed by atoms with Crippen LogP contribution in [-0.2, 0) is 11.3 Å². The summed E-state index contributed by atoms with van der Waals surface area (Å²) in [5.41, 5.74) is 0.631. The van der Waals surface area contributed by atoms with Crippen molar-refractivity contribution in [3.8, 4) is 12.3 Å². The molecular formula is C12H14N4O3. The number of nitrogens with zero attached hydrogens (tertiary/aromatic N) is 2. The molecule has 0 aliphatic carbocycles. The van der Waals surface area contributed by atoms with E-state index in [9.17, 15) is 9.59 Å². The number of hydrogen-bond donors (Lipinski definition) is 3. The second kappa shape index (κ2) is 6.96. The van der Waals surface area contributed by atoms with E-state index in [0.717, 1.165) is 0 Å². The molecule has 0 aliphatic heterocycles. The molecule has 3 N–H and O–H groups in total.